The van der Waals surface area contributed by atoms with Crippen molar-refractivity contribution in [3.8, 4) is 0 Å². The molecule has 4 aliphatic rings. The smallest absolute Gasteiger partial charge is 0.335 e. The van der Waals surface area contributed by atoms with Crippen molar-refractivity contribution in [2.45, 2.75) is 50.6 Å². The van der Waals surface area contributed by atoms with E-state index >= 15 is 0 Å². The molecule has 1 N–H and O–H groups in total. The van der Waals surface area contributed by atoms with E-state index in [1.54, 1.807) is 0 Å². The van der Waals surface area contributed by atoms with Gasteiger partial charge < -0.3 is 5.11 Å². The van der Waals surface area contributed by atoms with Gasteiger partial charge in [-0.3, -0.25) is 4.79 Å². The first kappa shape index (κ1) is 16.5. The van der Waals surface area contributed by atoms with Gasteiger partial charge in [-0.1, -0.05) is 23.7 Å². The van der Waals surface area contributed by atoms with E-state index in [1.165, 1.54) is 24.3 Å². The molecule has 130 valence electrons. The summed E-state index contributed by atoms with van der Waals surface area (Å²) >= 11 is 5.77. The van der Waals surface area contributed by atoms with Crippen molar-refractivity contribution in [1.82, 2.24) is 0 Å². The van der Waals surface area contributed by atoms with E-state index in [0.717, 1.165) is 19.3 Å². The number of hydrogen-bond donors (Lipinski definition) is 1. The molecule has 0 spiro atoms. The van der Waals surface area contributed by atoms with Crippen LogP contribution >= 0.6 is 11.6 Å². The van der Waals surface area contributed by atoms with Gasteiger partial charge in [0, 0.05) is 10.4 Å². The second kappa shape index (κ2) is 5.50. The summed E-state index contributed by atoms with van der Waals surface area (Å²) in [5.41, 5.74) is -0.895. The van der Waals surface area contributed by atoms with Crippen LogP contribution < -0.4 is 0 Å². The molecular weight excluding hydrogens is 334 g/mol. The largest absolute Gasteiger partial charge is 0.382 e. The van der Waals surface area contributed by atoms with Gasteiger partial charge in [0.25, 0.3) is 0 Å². The quantitative estimate of drug-likeness (QED) is 0.843. The van der Waals surface area contributed by atoms with E-state index in [-0.39, 0.29) is 5.56 Å². The molecule has 0 heterocycles. The zero-order valence-electron chi connectivity index (χ0n) is 13.4. The molecule has 2 nitrogen and oxygen atoms in total. The number of hydrogen-bond acceptors (Lipinski definition) is 2. The van der Waals surface area contributed by atoms with E-state index in [1.807, 2.05) is 0 Å². The Morgan fingerprint density at radius 2 is 1.54 bits per heavy atom. The first-order valence-electron chi connectivity index (χ1n) is 8.66. The number of alkyl halides is 2. The van der Waals surface area contributed by atoms with Crippen LogP contribution in [0.25, 0.3) is 0 Å². The Morgan fingerprint density at radius 3 is 2.00 bits per heavy atom. The second-order valence-electron chi connectivity index (χ2n) is 8.10. The first-order valence-corrected chi connectivity index (χ1v) is 9.04. The molecule has 0 amide bonds. The van der Waals surface area contributed by atoms with Crippen LogP contribution in [0.2, 0.25) is 5.02 Å². The highest BCUT2D eigenvalue weighted by Gasteiger charge is 2.62. The zero-order valence-corrected chi connectivity index (χ0v) is 14.1. The minimum Gasteiger partial charge on any atom is -0.382 e. The molecule has 4 bridgehead atoms. The number of carbonyl (C=O) groups is 1. The third-order valence-electron chi connectivity index (χ3n) is 6.35. The van der Waals surface area contributed by atoms with Crippen molar-refractivity contribution in [3.05, 3.63) is 34.9 Å². The fraction of sp³-hybridized carbons (Fsp3) is 0.632. The molecule has 0 radical (unpaired) electrons. The van der Waals surface area contributed by atoms with Crippen LogP contribution in [0.1, 0.15) is 50.2 Å². The summed E-state index contributed by atoms with van der Waals surface area (Å²) in [4.78, 5) is 12.9. The Balaban J connectivity index is 1.61. The summed E-state index contributed by atoms with van der Waals surface area (Å²) in [6.45, 7) is 0. The van der Waals surface area contributed by atoms with E-state index in [2.05, 4.69) is 0 Å². The number of carbonyl (C=O) groups excluding carboxylic acids is 1. The summed E-state index contributed by atoms with van der Waals surface area (Å²) < 4.78 is 29.7. The van der Waals surface area contributed by atoms with Gasteiger partial charge in [0.05, 0.1) is 0 Å². The highest BCUT2D eigenvalue weighted by Crippen LogP contribution is 2.62. The average Bonchev–Trinajstić information content (AvgIpc) is 2.53. The number of aliphatic hydroxyl groups is 1. The lowest BCUT2D eigenvalue weighted by Gasteiger charge is -2.56. The Labute approximate surface area is 145 Å². The Bertz CT molecular complexity index is 621. The Hall–Kier alpha value is -1.00. The number of benzene rings is 1. The van der Waals surface area contributed by atoms with Gasteiger partial charge in [0.1, 0.15) is 0 Å². The molecule has 24 heavy (non-hydrogen) atoms. The van der Waals surface area contributed by atoms with Gasteiger partial charge in [0.15, 0.2) is 6.10 Å². The number of halogens is 3. The average molecular weight is 355 g/mol. The molecule has 4 fully saturated rings. The van der Waals surface area contributed by atoms with Crippen LogP contribution in [0.3, 0.4) is 0 Å². The number of rotatable bonds is 4. The number of Topliss-reactive ketones (excluding diaryl/α,β-unsaturated/α-hetero) is 1. The van der Waals surface area contributed by atoms with Crippen LogP contribution in [0.15, 0.2) is 24.3 Å². The molecule has 1 atom stereocenters. The summed E-state index contributed by atoms with van der Waals surface area (Å²) in [7, 11) is 0. The van der Waals surface area contributed by atoms with Gasteiger partial charge in [-0.15, -0.1) is 0 Å². The molecule has 0 aliphatic heterocycles. The zero-order chi connectivity index (χ0) is 17.1. The van der Waals surface area contributed by atoms with E-state index in [4.69, 9.17) is 11.6 Å². The molecule has 4 aliphatic carbocycles. The van der Waals surface area contributed by atoms with Crippen LogP contribution in [-0.4, -0.2) is 16.8 Å². The highest BCUT2D eigenvalue weighted by molar-refractivity contribution is 6.30. The summed E-state index contributed by atoms with van der Waals surface area (Å²) in [6.07, 6.45) is 2.84. The Morgan fingerprint density at radius 1 is 1.08 bits per heavy atom. The predicted molar refractivity (Wildman–Crippen MR) is 87.0 cm³/mol. The van der Waals surface area contributed by atoms with Gasteiger partial charge in [-0.05, 0) is 74.0 Å². The maximum Gasteiger partial charge on any atom is 0.335 e. The van der Waals surface area contributed by atoms with E-state index in [0.29, 0.717) is 42.0 Å². The van der Waals surface area contributed by atoms with Crippen molar-refractivity contribution in [1.29, 1.82) is 0 Å². The molecule has 0 saturated heterocycles. The van der Waals surface area contributed by atoms with Crippen molar-refractivity contribution in [2.24, 2.45) is 23.2 Å². The summed E-state index contributed by atoms with van der Waals surface area (Å²) in [6, 6.07) is 5.61. The highest BCUT2D eigenvalue weighted by atomic mass is 35.5. The van der Waals surface area contributed by atoms with Gasteiger partial charge >= 0.3 is 5.92 Å². The minimum absolute atomic E-state index is 0.0301. The Kier molecular flexibility index (Phi) is 3.77. The summed E-state index contributed by atoms with van der Waals surface area (Å²) in [5.74, 6) is -3.59. The van der Waals surface area contributed by atoms with Crippen LogP contribution in [0.4, 0.5) is 8.78 Å². The normalized spacial score (nSPS) is 35.9. The lowest BCUT2D eigenvalue weighted by molar-refractivity contribution is -0.185. The lowest BCUT2D eigenvalue weighted by atomic mass is 9.48. The minimum atomic E-state index is -3.76. The second-order valence-corrected chi connectivity index (χ2v) is 8.54. The van der Waals surface area contributed by atoms with E-state index in [9.17, 15) is 18.7 Å². The first-order chi connectivity index (χ1) is 11.3. The third-order valence-corrected chi connectivity index (χ3v) is 6.60. The number of aliphatic hydroxyl groups excluding tert-OH is 1. The molecule has 4 saturated carbocycles. The van der Waals surface area contributed by atoms with Crippen LogP contribution in [0.5, 0.6) is 0 Å². The van der Waals surface area contributed by atoms with Crippen molar-refractivity contribution < 1.29 is 18.7 Å². The van der Waals surface area contributed by atoms with Crippen LogP contribution in [-0.2, 0) is 4.79 Å². The SMILES string of the molecule is O=C(C12CC3CC(CC(C3)C1)C2)C(F)(F)C(O)c1ccc(Cl)cc1. The topological polar surface area (TPSA) is 37.3 Å². The van der Waals surface area contributed by atoms with Crippen molar-refractivity contribution in [2.75, 3.05) is 0 Å². The maximum absolute atomic E-state index is 14.9. The molecular formula is C19H21ClF2O2. The third kappa shape index (κ3) is 2.50. The maximum atomic E-state index is 14.9. The van der Waals surface area contributed by atoms with Gasteiger partial charge in [0.2, 0.25) is 5.78 Å². The predicted octanol–water partition coefficient (Wildman–Crippen LogP) is 4.79. The fourth-order valence-corrected chi connectivity index (χ4v) is 5.85. The number of ketones is 1. The van der Waals surface area contributed by atoms with Gasteiger partial charge in [-0.25, -0.2) is 0 Å². The van der Waals surface area contributed by atoms with E-state index < -0.39 is 23.2 Å². The molecule has 5 rings (SSSR count). The molecule has 0 aromatic heterocycles. The van der Waals surface area contributed by atoms with Crippen molar-refractivity contribution >= 4 is 17.4 Å². The monoisotopic (exact) mass is 354 g/mol. The molecule has 1 aromatic carbocycles. The lowest BCUT2D eigenvalue weighted by Crippen LogP contribution is -2.55. The molecule has 1 aromatic rings. The fourth-order valence-electron chi connectivity index (χ4n) is 5.72. The van der Waals surface area contributed by atoms with Gasteiger partial charge in [-0.2, -0.15) is 8.78 Å². The summed E-state index contributed by atoms with van der Waals surface area (Å²) in [5, 5.41) is 10.6. The standard InChI is InChI=1S/C19H21ClF2O2/c20-15-3-1-14(2-4-15)16(23)19(21,22)17(24)18-8-11-5-12(9-18)7-13(6-11)10-18/h1-4,11-13,16,23H,5-10H2. The molecule has 5 heteroatoms. The molecule has 1 unspecified atom stereocenters. The van der Waals surface area contributed by atoms with Crippen molar-refractivity contribution in [3.63, 3.8) is 0 Å². The van der Waals surface area contributed by atoms with Crippen LogP contribution in [0, 0.1) is 23.2 Å².